The minimum Gasteiger partial charge on any atom is -0.461 e. The van der Waals surface area contributed by atoms with Gasteiger partial charge in [-0.1, -0.05) is 182 Å². The van der Waals surface area contributed by atoms with E-state index in [1.54, 1.807) is 13.8 Å². The zero-order chi connectivity index (χ0) is 46.6. The maximum Gasteiger partial charge on any atom is 0.303 e. The van der Waals surface area contributed by atoms with Gasteiger partial charge in [0.05, 0.1) is 0 Å². The first-order valence-electron chi connectivity index (χ1n) is 21.6. The highest BCUT2D eigenvalue weighted by atomic mass is 16.6. The van der Waals surface area contributed by atoms with E-state index >= 15 is 0 Å². The number of benzene rings is 1. The second-order valence-corrected chi connectivity index (χ2v) is 14.5. The minimum atomic E-state index is -0.328. The average molecular weight is 803 g/mol. The molecular weight excluding hydrogens is 709 g/mol. The van der Waals surface area contributed by atoms with E-state index < -0.39 is 0 Å². The lowest BCUT2D eigenvalue weighted by Crippen LogP contribution is -2.22. The number of Topliss-reactive ketones (excluding diaryl/α,β-unsaturated/α-hetero) is 2. The molecule has 2 rings (SSSR count). The van der Waals surface area contributed by atoms with Crippen LogP contribution in [0, 0.1) is 23.2 Å². The first-order chi connectivity index (χ1) is 26.7. The van der Waals surface area contributed by atoms with Gasteiger partial charge in [0.25, 0.3) is 0 Å². The van der Waals surface area contributed by atoms with E-state index in [2.05, 4.69) is 85.1 Å². The lowest BCUT2D eigenvalue weighted by atomic mass is 9.76. The van der Waals surface area contributed by atoms with E-state index in [1.807, 2.05) is 106 Å². The van der Waals surface area contributed by atoms with Crippen molar-refractivity contribution in [2.75, 3.05) is 0 Å². The van der Waals surface area contributed by atoms with E-state index in [0.29, 0.717) is 18.3 Å². The summed E-state index contributed by atoms with van der Waals surface area (Å²) in [6.45, 7) is 47.2. The van der Waals surface area contributed by atoms with Crippen LogP contribution in [0.3, 0.4) is 0 Å². The summed E-state index contributed by atoms with van der Waals surface area (Å²) in [6.07, 6.45) is 17.5. The number of carbonyl (C=O) groups excluding carboxylic acids is 4. The average Bonchev–Trinajstić information content (AvgIpc) is 3.41. The predicted octanol–water partition coefficient (Wildman–Crippen LogP) is 15.5. The van der Waals surface area contributed by atoms with Crippen molar-refractivity contribution in [1.82, 2.24) is 0 Å². The Bertz CT molecular complexity index is 1150. The van der Waals surface area contributed by atoms with Crippen LogP contribution in [0.2, 0.25) is 0 Å². The molecule has 1 aromatic rings. The van der Waals surface area contributed by atoms with Gasteiger partial charge in [0, 0.05) is 25.7 Å². The van der Waals surface area contributed by atoms with Gasteiger partial charge in [0.2, 0.25) is 0 Å². The molecule has 6 heteroatoms. The third-order valence-electron chi connectivity index (χ3n) is 7.65. The maximum absolute atomic E-state index is 12.0. The molecule has 2 atom stereocenters. The molecule has 2 unspecified atom stereocenters. The van der Waals surface area contributed by atoms with Crippen molar-refractivity contribution in [3.8, 4) is 0 Å². The number of carbonyl (C=O) groups is 4. The number of esters is 2. The second-order valence-electron chi connectivity index (χ2n) is 14.5. The molecule has 0 saturated heterocycles. The van der Waals surface area contributed by atoms with Gasteiger partial charge in [0.1, 0.15) is 23.8 Å². The fraction of sp³-hybridized carbons (Fsp3) is 0.647. The lowest BCUT2D eigenvalue weighted by molar-refractivity contribution is -0.152. The van der Waals surface area contributed by atoms with Crippen LogP contribution in [0.4, 0.5) is 0 Å². The Balaban J connectivity index is -0.000000115. The molecule has 0 fully saturated rings. The van der Waals surface area contributed by atoms with Crippen LogP contribution in [0.5, 0.6) is 0 Å². The summed E-state index contributed by atoms with van der Waals surface area (Å²) in [6, 6.07) is 9.60. The molecule has 6 nitrogen and oxygen atoms in total. The Kier molecular flexibility index (Phi) is 56.0. The van der Waals surface area contributed by atoms with Crippen LogP contribution >= 0.6 is 0 Å². The molecule has 0 aliphatic heterocycles. The van der Waals surface area contributed by atoms with Gasteiger partial charge in [-0.05, 0) is 70.8 Å². The Morgan fingerprint density at radius 3 is 1.46 bits per heavy atom. The van der Waals surface area contributed by atoms with Crippen molar-refractivity contribution >= 4 is 23.5 Å². The zero-order valence-electron chi connectivity index (χ0n) is 41.3. The number of ketones is 2. The van der Waals surface area contributed by atoms with Crippen LogP contribution in [0.1, 0.15) is 189 Å². The van der Waals surface area contributed by atoms with Crippen LogP contribution < -0.4 is 0 Å². The Labute approximate surface area is 355 Å². The van der Waals surface area contributed by atoms with E-state index in [0.717, 1.165) is 31.2 Å². The molecule has 0 bridgehead atoms. The van der Waals surface area contributed by atoms with Gasteiger partial charge < -0.3 is 9.47 Å². The van der Waals surface area contributed by atoms with Gasteiger partial charge in [-0.2, -0.15) is 0 Å². The Hall–Kier alpha value is -3.54. The van der Waals surface area contributed by atoms with Gasteiger partial charge in [-0.15, -0.1) is 13.2 Å². The molecule has 0 heterocycles. The molecular formula is C51H94O6. The largest absolute Gasteiger partial charge is 0.461 e. The van der Waals surface area contributed by atoms with Crippen LogP contribution in [-0.4, -0.2) is 29.1 Å². The van der Waals surface area contributed by atoms with Gasteiger partial charge in [0.15, 0.2) is 0 Å². The molecule has 0 saturated carbocycles. The molecule has 1 aliphatic carbocycles. The first kappa shape index (κ1) is 68.2. The van der Waals surface area contributed by atoms with Crippen molar-refractivity contribution in [2.24, 2.45) is 23.2 Å². The van der Waals surface area contributed by atoms with Crippen LogP contribution in [0.15, 0.2) is 79.4 Å². The number of rotatable bonds is 11. The molecule has 1 aliphatic rings. The topological polar surface area (TPSA) is 86.7 Å². The SMILES string of the molecule is C=C.CC.CC.CC.CC(=O)C(C)C.CC(=O)OC(C)(C)C.CC(=O)OCc1ccccc1.CCC1C=CC=CC=C1CC(CC(C)(C)CC)C(C)=O.CCCC. The third kappa shape index (κ3) is 54.6. The summed E-state index contributed by atoms with van der Waals surface area (Å²) in [4.78, 5) is 42.8. The molecule has 1 aromatic carbocycles. The number of ether oxygens (including phenoxy) is 2. The van der Waals surface area contributed by atoms with Crippen molar-refractivity contribution in [3.05, 3.63) is 85.0 Å². The van der Waals surface area contributed by atoms with Crippen molar-refractivity contribution < 1.29 is 28.7 Å². The standard InChI is InChI=1S/C19H30O.C9H10O2.C6H12O2.C5H10O.C4H10.3C2H6.C2H4/c1-6-16-11-9-8-10-12-17(16)13-18(15(3)20)14-19(4,5)7-2;1-8(10)11-7-9-5-3-2-4-6-9;1-5(7)8-6(2,3)4;1-4(2)5(3)6;1-3-4-2;4*1-2/h8-12,16,18H,6-7,13-14H2,1-5H3;2-6H,7H2,1H3;1-4H3;4H,1-3H3;3-4H2,1-2H3;3*1-2H3;1-2H2. The maximum atomic E-state index is 12.0. The normalized spacial score (nSPS) is 12.4. The smallest absolute Gasteiger partial charge is 0.303 e. The highest BCUT2D eigenvalue weighted by Crippen LogP contribution is 2.35. The highest BCUT2D eigenvalue weighted by molar-refractivity contribution is 5.78. The summed E-state index contributed by atoms with van der Waals surface area (Å²) in [5.41, 5.74) is 2.34. The second kappa shape index (κ2) is 46.8. The summed E-state index contributed by atoms with van der Waals surface area (Å²) < 4.78 is 9.59. The fourth-order valence-corrected chi connectivity index (χ4v) is 3.95. The summed E-state index contributed by atoms with van der Waals surface area (Å²) in [7, 11) is 0. The molecule has 0 radical (unpaired) electrons. The Morgan fingerprint density at radius 2 is 1.16 bits per heavy atom. The first-order valence-corrected chi connectivity index (χ1v) is 21.6. The van der Waals surface area contributed by atoms with Crippen molar-refractivity contribution in [2.45, 2.75) is 196 Å². The van der Waals surface area contributed by atoms with E-state index in [-0.39, 0.29) is 40.6 Å². The lowest BCUT2D eigenvalue weighted by Gasteiger charge is -2.29. The highest BCUT2D eigenvalue weighted by Gasteiger charge is 2.26. The molecule has 0 amide bonds. The third-order valence-corrected chi connectivity index (χ3v) is 7.65. The summed E-state index contributed by atoms with van der Waals surface area (Å²) in [5, 5.41) is 0. The van der Waals surface area contributed by atoms with E-state index in [9.17, 15) is 19.2 Å². The van der Waals surface area contributed by atoms with Crippen molar-refractivity contribution in [3.63, 3.8) is 0 Å². The van der Waals surface area contributed by atoms with Crippen LogP contribution in [0.25, 0.3) is 0 Å². The molecule has 0 N–H and O–H groups in total. The molecule has 0 aromatic heterocycles. The fourth-order valence-electron chi connectivity index (χ4n) is 3.95. The zero-order valence-corrected chi connectivity index (χ0v) is 41.3. The van der Waals surface area contributed by atoms with Crippen LogP contribution in [-0.2, 0) is 35.3 Å². The number of hydrogen-bond donors (Lipinski definition) is 0. The molecule has 0 spiro atoms. The minimum absolute atomic E-state index is 0.158. The Morgan fingerprint density at radius 1 is 0.702 bits per heavy atom. The molecule has 334 valence electrons. The molecule has 57 heavy (non-hydrogen) atoms. The van der Waals surface area contributed by atoms with Crippen molar-refractivity contribution in [1.29, 1.82) is 0 Å². The predicted molar refractivity (Wildman–Crippen MR) is 252 cm³/mol. The number of allylic oxidation sites excluding steroid dienone is 6. The monoisotopic (exact) mass is 803 g/mol. The summed E-state index contributed by atoms with van der Waals surface area (Å²) >= 11 is 0. The number of unbranched alkanes of at least 4 members (excludes halogenated alkanes) is 1. The van der Waals surface area contributed by atoms with E-state index in [4.69, 9.17) is 9.47 Å². The van der Waals surface area contributed by atoms with E-state index in [1.165, 1.54) is 32.3 Å². The van der Waals surface area contributed by atoms with Gasteiger partial charge >= 0.3 is 11.9 Å². The van der Waals surface area contributed by atoms with Gasteiger partial charge in [-0.3, -0.25) is 19.2 Å². The number of hydrogen-bond acceptors (Lipinski definition) is 6. The summed E-state index contributed by atoms with van der Waals surface area (Å²) in [5.74, 6) is 0.979. The van der Waals surface area contributed by atoms with Gasteiger partial charge in [-0.25, -0.2) is 0 Å². The quantitative estimate of drug-likeness (QED) is 0.164.